The van der Waals surface area contributed by atoms with E-state index in [-0.39, 0.29) is 24.0 Å². The molecule has 3 amide bonds. The highest BCUT2D eigenvalue weighted by Gasteiger charge is 2.54. The molecule has 1 unspecified atom stereocenters. The second-order valence-electron chi connectivity index (χ2n) is 7.34. The van der Waals surface area contributed by atoms with Crippen molar-refractivity contribution in [3.8, 4) is 11.5 Å². The number of benzene rings is 2. The van der Waals surface area contributed by atoms with Crippen molar-refractivity contribution in [2.45, 2.75) is 12.6 Å². The fourth-order valence-corrected chi connectivity index (χ4v) is 3.54. The highest BCUT2D eigenvalue weighted by atomic mass is 16.5. The molecule has 1 N–H and O–H groups in total. The summed E-state index contributed by atoms with van der Waals surface area (Å²) in [6.07, 6.45) is 1.50. The number of imide groups is 1. The largest absolute Gasteiger partial charge is 0.870 e. The lowest BCUT2D eigenvalue weighted by Gasteiger charge is -2.32. The molecule has 1 atom stereocenters. The van der Waals surface area contributed by atoms with Gasteiger partial charge in [0.05, 0.1) is 26.9 Å². The summed E-state index contributed by atoms with van der Waals surface area (Å²) in [5.41, 5.74) is 4.31. The predicted molar refractivity (Wildman–Crippen MR) is 117 cm³/mol. The number of hydrogen-bond donors (Lipinski definition) is 1. The van der Waals surface area contributed by atoms with Crippen LogP contribution in [0.1, 0.15) is 11.1 Å². The first-order valence-corrected chi connectivity index (χ1v) is 9.86. The molecule has 164 valence electrons. The van der Waals surface area contributed by atoms with Crippen molar-refractivity contribution in [2.75, 3.05) is 21.2 Å². The highest BCUT2D eigenvalue weighted by molar-refractivity contribution is 6.23. The van der Waals surface area contributed by atoms with Gasteiger partial charge in [0.25, 0.3) is 5.91 Å². The predicted octanol–water partition coefficient (Wildman–Crippen LogP) is -0.0778. The maximum Gasteiger partial charge on any atom is 0.421 e. The van der Waals surface area contributed by atoms with E-state index < -0.39 is 12.1 Å². The second kappa shape index (κ2) is 8.44. The molecule has 0 radical (unpaired) electrons. The number of amidine groups is 1. The van der Waals surface area contributed by atoms with E-state index in [0.717, 1.165) is 5.56 Å². The van der Waals surface area contributed by atoms with Crippen LogP contribution in [-0.2, 0) is 11.3 Å². The van der Waals surface area contributed by atoms with Crippen molar-refractivity contribution >= 4 is 29.9 Å². The molecule has 10 heteroatoms. The molecule has 0 aromatic heterocycles. The summed E-state index contributed by atoms with van der Waals surface area (Å²) in [4.78, 5) is 30.2. The minimum Gasteiger partial charge on any atom is -0.870 e. The van der Waals surface area contributed by atoms with E-state index in [1.165, 1.54) is 29.2 Å². The second-order valence-corrected chi connectivity index (χ2v) is 7.34. The number of guanidine groups is 1. The number of fused-ring (bicyclic) bond motifs is 1. The molecule has 0 aliphatic carbocycles. The highest BCUT2D eigenvalue weighted by Crippen LogP contribution is 2.23. The SMILES string of the molecule is COc1cc(/C=N/NC2=[N+]=C3C(C(=O)N(Cc4ccccc4)C(=O)N3C)N2C)ccc1[O-]. The van der Waals surface area contributed by atoms with Crippen molar-refractivity contribution in [3.05, 3.63) is 59.7 Å². The molecule has 0 spiro atoms. The van der Waals surface area contributed by atoms with Gasteiger partial charge in [-0.25, -0.2) is 24.2 Å². The fourth-order valence-electron chi connectivity index (χ4n) is 3.54. The summed E-state index contributed by atoms with van der Waals surface area (Å²) in [7, 11) is 4.72. The van der Waals surface area contributed by atoms with E-state index in [1.54, 1.807) is 31.1 Å². The average Bonchev–Trinajstić information content (AvgIpc) is 3.13. The maximum atomic E-state index is 13.2. The van der Waals surface area contributed by atoms with Crippen LogP contribution in [0.5, 0.6) is 11.5 Å². The minimum absolute atomic E-state index is 0.179. The van der Waals surface area contributed by atoms with E-state index in [9.17, 15) is 14.7 Å². The van der Waals surface area contributed by atoms with Crippen molar-refractivity contribution in [2.24, 2.45) is 5.10 Å². The molecule has 0 saturated carbocycles. The lowest BCUT2D eigenvalue weighted by Crippen LogP contribution is -2.64. The molecule has 32 heavy (non-hydrogen) atoms. The summed E-state index contributed by atoms with van der Waals surface area (Å²) in [5.74, 6) is 0.305. The number of rotatable bonds is 5. The first-order chi connectivity index (χ1) is 15.4. The first kappa shape index (κ1) is 21.0. The van der Waals surface area contributed by atoms with Gasteiger partial charge in [0.1, 0.15) is 5.75 Å². The van der Waals surface area contributed by atoms with Gasteiger partial charge >= 0.3 is 17.8 Å². The van der Waals surface area contributed by atoms with Crippen LogP contribution in [0.2, 0.25) is 0 Å². The number of carbonyl (C=O) groups is 2. The van der Waals surface area contributed by atoms with Gasteiger partial charge < -0.3 is 9.84 Å². The Morgan fingerprint density at radius 2 is 1.94 bits per heavy atom. The third-order valence-corrected chi connectivity index (χ3v) is 5.30. The molecular formula is C22H22N6O4. The van der Waals surface area contributed by atoms with E-state index in [2.05, 4.69) is 15.2 Å². The smallest absolute Gasteiger partial charge is 0.421 e. The molecule has 2 aliphatic rings. The molecule has 2 aromatic rings. The van der Waals surface area contributed by atoms with Gasteiger partial charge in [-0.2, -0.15) is 5.43 Å². The van der Waals surface area contributed by atoms with Crippen LogP contribution in [0, 0.1) is 0 Å². The Balaban J connectivity index is 1.51. The zero-order valence-corrected chi connectivity index (χ0v) is 17.8. The molecule has 1 fully saturated rings. The van der Waals surface area contributed by atoms with E-state index in [1.807, 2.05) is 30.3 Å². The number of carbonyl (C=O) groups excluding carboxylic acids is 2. The summed E-state index contributed by atoms with van der Waals surface area (Å²) in [6.45, 7) is 0.179. The molecule has 0 bridgehead atoms. The number of nitrogens with one attached hydrogen (secondary N) is 1. The third-order valence-electron chi connectivity index (χ3n) is 5.30. The number of hydrogen-bond acceptors (Lipinski definition) is 7. The number of hydrazone groups is 1. The van der Waals surface area contributed by atoms with Crippen LogP contribution in [0.25, 0.3) is 0 Å². The monoisotopic (exact) mass is 434 g/mol. The summed E-state index contributed by atoms with van der Waals surface area (Å²) < 4.78 is 9.43. The summed E-state index contributed by atoms with van der Waals surface area (Å²) in [5, 5.41) is 15.8. The van der Waals surface area contributed by atoms with Gasteiger partial charge in [0.2, 0.25) is 6.04 Å². The Bertz CT molecular complexity index is 1160. The van der Waals surface area contributed by atoms with Crippen molar-refractivity contribution < 1.29 is 19.4 Å². The van der Waals surface area contributed by atoms with Gasteiger partial charge in [-0.15, -0.1) is 5.10 Å². The molecule has 1 saturated heterocycles. The Morgan fingerprint density at radius 3 is 2.66 bits per heavy atom. The van der Waals surface area contributed by atoms with Gasteiger partial charge in [0.15, 0.2) is 0 Å². The van der Waals surface area contributed by atoms with Crippen LogP contribution >= 0.6 is 0 Å². The third kappa shape index (κ3) is 3.75. The zero-order valence-electron chi connectivity index (χ0n) is 17.8. The Hall–Kier alpha value is -4.30. The molecule has 10 nitrogen and oxygen atoms in total. The van der Waals surface area contributed by atoms with Gasteiger partial charge in [-0.3, -0.25) is 4.79 Å². The first-order valence-electron chi connectivity index (χ1n) is 9.86. The molecular weight excluding hydrogens is 412 g/mol. The van der Waals surface area contributed by atoms with Gasteiger partial charge in [0, 0.05) is 7.05 Å². The number of ether oxygens (including phenoxy) is 1. The number of nitrogens with zero attached hydrogens (tertiary/aromatic N) is 5. The standard InChI is InChI=1S/C22H22N6O4/c1-26-18-19(24-21(26)25-23-12-15-9-10-16(29)17(11-15)32-3)27(2)22(31)28(20(18)30)13-14-7-5-4-6-8-14/h4-12,18H,13H2,1-3H3,(H,23,29). The van der Waals surface area contributed by atoms with Crippen LogP contribution < -0.4 is 19.9 Å². The van der Waals surface area contributed by atoms with Crippen molar-refractivity contribution in [1.82, 2.24) is 24.8 Å². The molecule has 2 aliphatic heterocycles. The average molecular weight is 434 g/mol. The van der Waals surface area contributed by atoms with Crippen molar-refractivity contribution in [3.63, 3.8) is 0 Å². The molecule has 2 aromatic carbocycles. The molecule has 4 rings (SSSR count). The number of amides is 3. The van der Waals surface area contributed by atoms with Gasteiger partial charge in [-0.1, -0.05) is 48.2 Å². The van der Waals surface area contributed by atoms with Crippen LogP contribution in [0.15, 0.2) is 53.6 Å². The lowest BCUT2D eigenvalue weighted by atomic mass is 10.1. The van der Waals surface area contributed by atoms with E-state index >= 15 is 0 Å². The topological polar surface area (TPSA) is 115 Å². The lowest BCUT2D eigenvalue weighted by molar-refractivity contribution is -0.270. The zero-order chi connectivity index (χ0) is 22.8. The minimum atomic E-state index is -0.737. The fraction of sp³-hybridized carbons (Fsp3) is 0.227. The maximum absolute atomic E-state index is 13.2. The Labute approximate surface area is 184 Å². The summed E-state index contributed by atoms with van der Waals surface area (Å²) in [6, 6.07) is 12.7. The quantitative estimate of drug-likeness (QED) is 0.400. The normalized spacial score (nSPS) is 18.1. The van der Waals surface area contributed by atoms with E-state index in [4.69, 9.17) is 4.74 Å². The number of urea groups is 1. The Kier molecular flexibility index (Phi) is 5.53. The van der Waals surface area contributed by atoms with E-state index in [0.29, 0.717) is 17.4 Å². The van der Waals surface area contributed by atoms with Crippen LogP contribution in [-0.4, -0.2) is 71.9 Å². The number of methoxy groups -OCH3 is 1. The Morgan fingerprint density at radius 1 is 1.19 bits per heavy atom. The van der Waals surface area contributed by atoms with Gasteiger partial charge in [-0.05, 0) is 17.2 Å². The summed E-state index contributed by atoms with van der Waals surface area (Å²) >= 11 is 0. The van der Waals surface area contributed by atoms with Crippen LogP contribution in [0.4, 0.5) is 4.79 Å². The van der Waals surface area contributed by atoms with Crippen LogP contribution in [0.3, 0.4) is 0 Å². The number of likely N-dealkylation sites (N-methyl/N-ethyl adjacent to an activating group) is 2. The molecule has 2 heterocycles. The van der Waals surface area contributed by atoms with Crippen molar-refractivity contribution in [1.29, 1.82) is 0 Å².